The molecule has 1 aliphatic rings. The van der Waals surface area contributed by atoms with Crippen LogP contribution in [0, 0.1) is 6.92 Å². The van der Waals surface area contributed by atoms with E-state index in [2.05, 4.69) is 16.0 Å². The van der Waals surface area contributed by atoms with Crippen LogP contribution in [0.3, 0.4) is 0 Å². The van der Waals surface area contributed by atoms with E-state index in [1.165, 1.54) is 19.2 Å². The molecule has 0 radical (unpaired) electrons. The minimum atomic E-state index is -0.668. The summed E-state index contributed by atoms with van der Waals surface area (Å²) in [6.07, 6.45) is 1.95. The van der Waals surface area contributed by atoms with Gasteiger partial charge in [0.15, 0.2) is 0 Å². The van der Waals surface area contributed by atoms with Gasteiger partial charge in [0, 0.05) is 25.2 Å². The average molecular weight is 404 g/mol. The number of carbonyl (C=O) groups excluding carboxylic acids is 2. The van der Waals surface area contributed by atoms with Crippen LogP contribution in [0.1, 0.15) is 50.8 Å². The van der Waals surface area contributed by atoms with E-state index in [1.54, 1.807) is 19.1 Å². The number of hydrogen-bond acceptors (Lipinski definition) is 5. The van der Waals surface area contributed by atoms with Gasteiger partial charge in [0.25, 0.3) is 11.8 Å². The predicted octanol–water partition coefficient (Wildman–Crippen LogP) is 2.68. The summed E-state index contributed by atoms with van der Waals surface area (Å²) in [5.74, 6) is -0.240. The Bertz CT molecular complexity index is 964. The van der Waals surface area contributed by atoms with Crippen molar-refractivity contribution in [1.82, 2.24) is 10.6 Å². The minimum Gasteiger partial charge on any atom is -0.427 e. The first-order chi connectivity index (χ1) is 13.4. The summed E-state index contributed by atoms with van der Waals surface area (Å²) in [4.78, 5) is 37.0. The molecule has 3 rings (SSSR count). The van der Waals surface area contributed by atoms with Crippen LogP contribution in [0.4, 0.5) is 5.69 Å². The van der Waals surface area contributed by atoms with Gasteiger partial charge in [0.2, 0.25) is 0 Å². The monoisotopic (exact) mass is 403 g/mol. The van der Waals surface area contributed by atoms with Crippen molar-refractivity contribution < 1.29 is 14.0 Å². The number of halogens is 1. The van der Waals surface area contributed by atoms with Gasteiger partial charge in [0.1, 0.15) is 11.3 Å². The average Bonchev–Trinajstić information content (AvgIpc) is 2.69. The zero-order valence-electron chi connectivity index (χ0n) is 15.7. The van der Waals surface area contributed by atoms with Gasteiger partial charge in [-0.25, -0.2) is 4.79 Å². The Labute approximate surface area is 167 Å². The molecule has 1 saturated heterocycles. The van der Waals surface area contributed by atoms with E-state index < -0.39 is 11.5 Å². The van der Waals surface area contributed by atoms with E-state index in [4.69, 9.17) is 16.0 Å². The third-order valence-electron chi connectivity index (χ3n) is 4.79. The standard InChI is InChI=1S/C20H22ClN3O4/c1-11-8-16(12-4-3-7-23-10-12)28-20(27)17(11)19(26)24-13-5-6-15(21)14(9-13)18(25)22-2/h5-6,8-9,12,23H,3-4,7,10H2,1-2H3,(H,22,25)(H,24,26). The van der Waals surface area contributed by atoms with Gasteiger partial charge < -0.3 is 20.4 Å². The molecule has 8 heteroatoms. The van der Waals surface area contributed by atoms with E-state index in [0.717, 1.165) is 25.9 Å². The quantitative estimate of drug-likeness (QED) is 0.728. The van der Waals surface area contributed by atoms with Gasteiger partial charge in [-0.2, -0.15) is 0 Å². The number of benzene rings is 1. The molecule has 2 heterocycles. The fourth-order valence-electron chi connectivity index (χ4n) is 3.31. The second-order valence-electron chi connectivity index (χ2n) is 6.77. The second kappa shape index (κ2) is 8.58. The molecule has 0 aliphatic carbocycles. The molecule has 1 aromatic heterocycles. The summed E-state index contributed by atoms with van der Waals surface area (Å²) in [6, 6.07) is 6.28. The number of carbonyl (C=O) groups is 2. The zero-order chi connectivity index (χ0) is 20.3. The summed E-state index contributed by atoms with van der Waals surface area (Å²) < 4.78 is 5.44. The maximum Gasteiger partial charge on any atom is 0.349 e. The number of piperidine rings is 1. The highest BCUT2D eigenvalue weighted by atomic mass is 35.5. The molecule has 1 unspecified atom stereocenters. The van der Waals surface area contributed by atoms with E-state index in [9.17, 15) is 14.4 Å². The molecule has 28 heavy (non-hydrogen) atoms. The predicted molar refractivity (Wildman–Crippen MR) is 107 cm³/mol. The van der Waals surface area contributed by atoms with Crippen LogP contribution in [0.2, 0.25) is 5.02 Å². The Morgan fingerprint density at radius 3 is 2.68 bits per heavy atom. The van der Waals surface area contributed by atoms with Gasteiger partial charge in [-0.3, -0.25) is 9.59 Å². The SMILES string of the molecule is CNC(=O)c1cc(NC(=O)c2c(C)cc(C3CCCNC3)oc2=O)ccc1Cl. The summed E-state index contributed by atoms with van der Waals surface area (Å²) in [5.41, 5.74) is 0.413. The molecule has 0 bridgehead atoms. The summed E-state index contributed by atoms with van der Waals surface area (Å²) in [7, 11) is 1.49. The Kier molecular flexibility index (Phi) is 6.16. The van der Waals surface area contributed by atoms with Crippen molar-refractivity contribution in [3.63, 3.8) is 0 Å². The molecule has 2 aromatic rings. The summed E-state index contributed by atoms with van der Waals surface area (Å²) >= 11 is 6.02. The molecule has 148 valence electrons. The van der Waals surface area contributed by atoms with Crippen molar-refractivity contribution in [3.8, 4) is 0 Å². The molecule has 1 fully saturated rings. The number of amides is 2. The number of anilines is 1. The maximum atomic E-state index is 12.7. The Hall–Kier alpha value is -2.64. The normalized spacial score (nSPS) is 16.5. The molecule has 0 saturated carbocycles. The van der Waals surface area contributed by atoms with Crippen molar-refractivity contribution in [2.24, 2.45) is 0 Å². The molecule has 1 aliphatic heterocycles. The Morgan fingerprint density at radius 1 is 1.25 bits per heavy atom. The van der Waals surface area contributed by atoms with Gasteiger partial charge in [-0.1, -0.05) is 11.6 Å². The third kappa shape index (κ3) is 4.26. The van der Waals surface area contributed by atoms with Crippen LogP contribution in [0.15, 0.2) is 33.5 Å². The molecular formula is C20H22ClN3O4. The van der Waals surface area contributed by atoms with Crippen molar-refractivity contribution in [3.05, 3.63) is 62.2 Å². The van der Waals surface area contributed by atoms with Crippen LogP contribution in [0.25, 0.3) is 0 Å². The summed E-state index contributed by atoms with van der Waals surface area (Å²) in [6.45, 7) is 3.42. The molecule has 3 N–H and O–H groups in total. The van der Waals surface area contributed by atoms with Gasteiger partial charge in [-0.15, -0.1) is 0 Å². The lowest BCUT2D eigenvalue weighted by Gasteiger charge is -2.22. The van der Waals surface area contributed by atoms with Crippen LogP contribution in [-0.4, -0.2) is 32.0 Å². The largest absolute Gasteiger partial charge is 0.427 e. The highest BCUT2D eigenvalue weighted by Crippen LogP contribution is 2.24. The lowest BCUT2D eigenvalue weighted by molar-refractivity contribution is 0.0961. The van der Waals surface area contributed by atoms with Crippen LogP contribution in [-0.2, 0) is 0 Å². The Balaban J connectivity index is 1.85. The Morgan fingerprint density at radius 2 is 2.04 bits per heavy atom. The lowest BCUT2D eigenvalue weighted by atomic mass is 9.95. The van der Waals surface area contributed by atoms with Crippen molar-refractivity contribution >= 4 is 29.1 Å². The smallest absolute Gasteiger partial charge is 0.349 e. The van der Waals surface area contributed by atoms with Crippen molar-refractivity contribution in [1.29, 1.82) is 0 Å². The van der Waals surface area contributed by atoms with Crippen LogP contribution in [0.5, 0.6) is 0 Å². The molecule has 7 nitrogen and oxygen atoms in total. The second-order valence-corrected chi connectivity index (χ2v) is 7.17. The first-order valence-electron chi connectivity index (χ1n) is 9.09. The highest BCUT2D eigenvalue weighted by Gasteiger charge is 2.23. The van der Waals surface area contributed by atoms with Crippen molar-refractivity contribution in [2.75, 3.05) is 25.5 Å². The number of aryl methyl sites for hydroxylation is 1. The number of hydrogen-bond donors (Lipinski definition) is 3. The molecular weight excluding hydrogens is 382 g/mol. The minimum absolute atomic E-state index is 0.0519. The van der Waals surface area contributed by atoms with Gasteiger partial charge in [0.05, 0.1) is 10.6 Å². The fourth-order valence-corrected chi connectivity index (χ4v) is 3.51. The molecule has 2 amide bonds. The van der Waals surface area contributed by atoms with Crippen LogP contribution >= 0.6 is 11.6 Å². The third-order valence-corrected chi connectivity index (χ3v) is 5.12. The molecule has 0 spiro atoms. The van der Waals surface area contributed by atoms with E-state index >= 15 is 0 Å². The first-order valence-corrected chi connectivity index (χ1v) is 9.47. The van der Waals surface area contributed by atoms with Gasteiger partial charge in [-0.05, 0) is 56.1 Å². The van der Waals surface area contributed by atoms with Gasteiger partial charge >= 0.3 is 5.63 Å². The van der Waals surface area contributed by atoms with E-state index in [1.807, 2.05) is 0 Å². The number of rotatable bonds is 4. The molecule has 1 atom stereocenters. The van der Waals surface area contributed by atoms with Crippen LogP contribution < -0.4 is 21.6 Å². The van der Waals surface area contributed by atoms with Crippen molar-refractivity contribution in [2.45, 2.75) is 25.7 Å². The zero-order valence-corrected chi connectivity index (χ0v) is 16.5. The lowest BCUT2D eigenvalue weighted by Crippen LogP contribution is -2.30. The maximum absolute atomic E-state index is 12.7. The summed E-state index contributed by atoms with van der Waals surface area (Å²) in [5, 5.41) is 8.66. The van der Waals surface area contributed by atoms with E-state index in [-0.39, 0.29) is 28.0 Å². The number of nitrogens with one attached hydrogen (secondary N) is 3. The highest BCUT2D eigenvalue weighted by molar-refractivity contribution is 6.34. The fraction of sp³-hybridized carbons (Fsp3) is 0.350. The topological polar surface area (TPSA) is 100 Å². The first kappa shape index (κ1) is 20.1. The van der Waals surface area contributed by atoms with E-state index in [0.29, 0.717) is 17.0 Å². The molecule has 1 aromatic carbocycles.